The van der Waals surface area contributed by atoms with Crippen LogP contribution in [0.4, 0.5) is 8.78 Å². The van der Waals surface area contributed by atoms with Crippen molar-refractivity contribution in [2.75, 3.05) is 0 Å². The lowest BCUT2D eigenvalue weighted by atomic mass is 10.1. The molecule has 0 saturated carbocycles. The number of rotatable bonds is 3. The molecule has 0 spiro atoms. The van der Waals surface area contributed by atoms with Gasteiger partial charge in [-0.05, 0) is 30.5 Å². The first-order valence-electron chi connectivity index (χ1n) is 3.96. The molecule has 0 nitrogen and oxygen atoms in total. The minimum absolute atomic E-state index is 0.505. The number of hydrogen-bond donors (Lipinski definition) is 0. The molecule has 0 amide bonds. The smallest absolute Gasteiger partial charge is 0.126 e. The second-order valence-electron chi connectivity index (χ2n) is 2.73. The van der Waals surface area contributed by atoms with Crippen molar-refractivity contribution < 1.29 is 8.78 Å². The maximum atomic E-state index is 12.6. The van der Waals surface area contributed by atoms with Crippen molar-refractivity contribution in [1.29, 1.82) is 0 Å². The zero-order valence-electron chi connectivity index (χ0n) is 6.82. The van der Waals surface area contributed by atoms with Crippen LogP contribution >= 0.6 is 0 Å². The molecule has 65 valence electrons. The Morgan fingerprint density at radius 1 is 1.08 bits per heavy atom. The van der Waals surface area contributed by atoms with Crippen LogP contribution in [0, 0.1) is 18.6 Å². The SMILES string of the molecule is [CH2]CCCc1cc(F)cc(F)c1. The van der Waals surface area contributed by atoms with Crippen LogP contribution in [-0.2, 0) is 6.42 Å². The van der Waals surface area contributed by atoms with Gasteiger partial charge in [0.15, 0.2) is 0 Å². The molecule has 0 aliphatic heterocycles. The molecule has 12 heavy (non-hydrogen) atoms. The molecule has 2 heteroatoms. The molecule has 0 N–H and O–H groups in total. The predicted molar refractivity (Wildman–Crippen MR) is 44.7 cm³/mol. The topological polar surface area (TPSA) is 0 Å². The van der Waals surface area contributed by atoms with E-state index in [0.29, 0.717) is 12.0 Å². The molecule has 0 saturated heterocycles. The first kappa shape index (κ1) is 9.17. The largest absolute Gasteiger partial charge is 0.207 e. The molecular formula is C10H11F2. The highest BCUT2D eigenvalue weighted by Crippen LogP contribution is 2.10. The lowest BCUT2D eigenvalue weighted by molar-refractivity contribution is 0.578. The molecule has 0 aliphatic carbocycles. The third-order valence-electron chi connectivity index (χ3n) is 1.64. The van der Waals surface area contributed by atoms with Gasteiger partial charge in [0, 0.05) is 6.07 Å². The molecule has 1 aromatic rings. The van der Waals surface area contributed by atoms with E-state index in [9.17, 15) is 8.78 Å². The summed E-state index contributed by atoms with van der Waals surface area (Å²) in [5, 5.41) is 0. The molecule has 0 atom stereocenters. The van der Waals surface area contributed by atoms with Crippen LogP contribution in [0.3, 0.4) is 0 Å². The minimum Gasteiger partial charge on any atom is -0.207 e. The summed E-state index contributed by atoms with van der Waals surface area (Å²) in [7, 11) is 0. The van der Waals surface area contributed by atoms with Crippen molar-refractivity contribution >= 4 is 0 Å². The average molecular weight is 169 g/mol. The third-order valence-corrected chi connectivity index (χ3v) is 1.64. The van der Waals surface area contributed by atoms with Gasteiger partial charge in [0.2, 0.25) is 0 Å². The van der Waals surface area contributed by atoms with Gasteiger partial charge in [0.25, 0.3) is 0 Å². The van der Waals surface area contributed by atoms with Gasteiger partial charge in [0.05, 0.1) is 0 Å². The van der Waals surface area contributed by atoms with E-state index in [0.717, 1.165) is 18.9 Å². The fourth-order valence-electron chi connectivity index (χ4n) is 1.08. The lowest BCUT2D eigenvalue weighted by Crippen LogP contribution is -1.88. The van der Waals surface area contributed by atoms with Crippen molar-refractivity contribution in [3.8, 4) is 0 Å². The van der Waals surface area contributed by atoms with Crippen molar-refractivity contribution in [2.24, 2.45) is 0 Å². The highest BCUT2D eigenvalue weighted by molar-refractivity contribution is 5.17. The predicted octanol–water partition coefficient (Wildman–Crippen LogP) is 3.12. The van der Waals surface area contributed by atoms with Gasteiger partial charge >= 0.3 is 0 Å². The Balaban J connectivity index is 2.72. The first-order chi connectivity index (χ1) is 5.72. The summed E-state index contributed by atoms with van der Waals surface area (Å²) in [5.41, 5.74) is 0.705. The maximum absolute atomic E-state index is 12.6. The van der Waals surface area contributed by atoms with Crippen LogP contribution in [0.1, 0.15) is 18.4 Å². The van der Waals surface area contributed by atoms with E-state index >= 15 is 0 Å². The zero-order valence-corrected chi connectivity index (χ0v) is 6.82. The zero-order chi connectivity index (χ0) is 8.97. The highest BCUT2D eigenvalue weighted by Gasteiger charge is 1.99. The molecule has 0 unspecified atom stereocenters. The van der Waals surface area contributed by atoms with Gasteiger partial charge in [-0.25, -0.2) is 8.78 Å². The van der Waals surface area contributed by atoms with Crippen LogP contribution in [-0.4, -0.2) is 0 Å². The molecule has 1 radical (unpaired) electrons. The number of halogens is 2. The summed E-state index contributed by atoms with van der Waals surface area (Å²) in [6.07, 6.45) is 2.35. The molecule has 1 rings (SSSR count). The molecule has 0 aliphatic rings. The molecule has 0 aromatic heterocycles. The maximum Gasteiger partial charge on any atom is 0.126 e. The fourth-order valence-corrected chi connectivity index (χ4v) is 1.08. The summed E-state index contributed by atoms with van der Waals surface area (Å²) in [5.74, 6) is -1.01. The molecule has 1 aromatic carbocycles. The molecule has 0 fully saturated rings. The van der Waals surface area contributed by atoms with Gasteiger partial charge in [-0.2, -0.15) is 0 Å². The van der Waals surface area contributed by atoms with E-state index in [1.165, 1.54) is 12.1 Å². The van der Waals surface area contributed by atoms with Crippen molar-refractivity contribution in [3.05, 3.63) is 42.3 Å². The second kappa shape index (κ2) is 4.19. The van der Waals surface area contributed by atoms with Crippen LogP contribution in [0.5, 0.6) is 0 Å². The molecule has 0 bridgehead atoms. The lowest BCUT2D eigenvalue weighted by Gasteiger charge is -1.99. The first-order valence-corrected chi connectivity index (χ1v) is 3.96. The normalized spacial score (nSPS) is 10.2. The van der Waals surface area contributed by atoms with Gasteiger partial charge in [-0.15, -0.1) is 0 Å². The van der Waals surface area contributed by atoms with E-state index in [4.69, 9.17) is 0 Å². The van der Waals surface area contributed by atoms with Gasteiger partial charge in [-0.3, -0.25) is 0 Å². The Bertz CT molecular complexity index is 236. The van der Waals surface area contributed by atoms with Crippen LogP contribution in [0.2, 0.25) is 0 Å². The Labute approximate surface area is 71.2 Å². The Morgan fingerprint density at radius 2 is 1.67 bits per heavy atom. The van der Waals surface area contributed by atoms with E-state index in [-0.39, 0.29) is 0 Å². The van der Waals surface area contributed by atoms with E-state index in [1.54, 1.807) is 0 Å². The summed E-state index contributed by atoms with van der Waals surface area (Å²) in [6, 6.07) is 3.60. The standard InChI is InChI=1S/C10H11F2/c1-2-3-4-8-5-9(11)7-10(12)6-8/h5-7H,1-4H2. The Hall–Kier alpha value is -0.920. The monoisotopic (exact) mass is 169 g/mol. The van der Waals surface area contributed by atoms with E-state index in [2.05, 4.69) is 6.92 Å². The van der Waals surface area contributed by atoms with Gasteiger partial charge < -0.3 is 0 Å². The molecule has 0 heterocycles. The summed E-state index contributed by atoms with van der Waals surface area (Å²) >= 11 is 0. The number of unbranched alkanes of at least 4 members (excludes halogenated alkanes) is 1. The van der Waals surface area contributed by atoms with Gasteiger partial charge in [-0.1, -0.05) is 13.3 Å². The molecular weight excluding hydrogens is 158 g/mol. The van der Waals surface area contributed by atoms with Crippen LogP contribution in [0.25, 0.3) is 0 Å². The van der Waals surface area contributed by atoms with Crippen LogP contribution in [0.15, 0.2) is 18.2 Å². The van der Waals surface area contributed by atoms with Crippen molar-refractivity contribution in [1.82, 2.24) is 0 Å². The second-order valence-corrected chi connectivity index (χ2v) is 2.73. The number of benzene rings is 1. The third kappa shape index (κ3) is 2.61. The Kier molecular flexibility index (Phi) is 3.20. The number of hydrogen-bond acceptors (Lipinski definition) is 0. The highest BCUT2D eigenvalue weighted by atomic mass is 19.1. The van der Waals surface area contributed by atoms with Gasteiger partial charge in [0.1, 0.15) is 11.6 Å². The van der Waals surface area contributed by atoms with Crippen molar-refractivity contribution in [3.63, 3.8) is 0 Å². The summed E-state index contributed by atoms with van der Waals surface area (Å²) in [4.78, 5) is 0. The van der Waals surface area contributed by atoms with E-state index < -0.39 is 11.6 Å². The van der Waals surface area contributed by atoms with E-state index in [1.807, 2.05) is 0 Å². The van der Waals surface area contributed by atoms with Crippen molar-refractivity contribution in [2.45, 2.75) is 19.3 Å². The fraction of sp³-hybridized carbons (Fsp3) is 0.300. The number of aryl methyl sites for hydroxylation is 1. The van der Waals surface area contributed by atoms with Crippen LogP contribution < -0.4 is 0 Å². The minimum atomic E-state index is -0.505. The summed E-state index contributed by atoms with van der Waals surface area (Å²) < 4.78 is 25.2. The summed E-state index contributed by atoms with van der Waals surface area (Å²) in [6.45, 7) is 3.66. The average Bonchev–Trinajstić information content (AvgIpc) is 1.99. The Morgan fingerprint density at radius 3 is 2.17 bits per heavy atom. The quantitative estimate of drug-likeness (QED) is 0.652.